The van der Waals surface area contributed by atoms with Crippen LogP contribution in [0.5, 0.6) is 0 Å². The Morgan fingerprint density at radius 1 is 1.30 bits per heavy atom. The number of piperidine rings is 1. The molecule has 1 fully saturated rings. The second-order valence-electron chi connectivity index (χ2n) is 5.54. The van der Waals surface area contributed by atoms with Gasteiger partial charge in [-0.1, -0.05) is 0 Å². The molecule has 116 valence electrons. The van der Waals surface area contributed by atoms with E-state index in [1.807, 2.05) is 0 Å². The number of hydrogen-bond acceptors (Lipinski definition) is 5. The number of nitrogens with one attached hydrogen (secondary N) is 2. The van der Waals surface area contributed by atoms with Crippen LogP contribution in [-0.4, -0.2) is 51.3 Å². The van der Waals surface area contributed by atoms with Crippen molar-refractivity contribution >= 4 is 11.9 Å². The van der Waals surface area contributed by atoms with E-state index in [1.54, 1.807) is 6.92 Å². The molecule has 0 aromatic carbocycles. The first-order valence-electron chi connectivity index (χ1n) is 7.11. The van der Waals surface area contributed by atoms with Crippen molar-refractivity contribution in [3.63, 3.8) is 0 Å². The Bertz CT molecular complexity index is 329. The Labute approximate surface area is 120 Å². The van der Waals surface area contributed by atoms with Gasteiger partial charge in [-0.05, 0) is 45.2 Å². The molecular weight excluding hydrogens is 260 g/mol. The molecule has 1 rings (SSSR count). The van der Waals surface area contributed by atoms with Gasteiger partial charge in [-0.15, -0.1) is 0 Å². The highest BCUT2D eigenvalue weighted by Gasteiger charge is 2.36. The fourth-order valence-corrected chi connectivity index (χ4v) is 2.54. The fourth-order valence-electron chi connectivity index (χ4n) is 2.54. The average Bonchev–Trinajstić information content (AvgIpc) is 2.45. The Morgan fingerprint density at radius 3 is 2.50 bits per heavy atom. The van der Waals surface area contributed by atoms with Gasteiger partial charge in [0.1, 0.15) is 0 Å². The molecule has 0 aromatic heterocycles. The molecule has 2 N–H and O–H groups in total. The van der Waals surface area contributed by atoms with Gasteiger partial charge in [-0.3, -0.25) is 4.79 Å². The molecule has 1 aliphatic heterocycles. The zero-order valence-electron chi connectivity index (χ0n) is 12.7. The molecular formula is C14H26N2O4. The smallest absolute Gasteiger partial charge is 0.333 e. The zero-order chi connectivity index (χ0) is 15.0. The summed E-state index contributed by atoms with van der Waals surface area (Å²) in [6.45, 7) is 3.76. The Morgan fingerprint density at radius 2 is 1.95 bits per heavy atom. The summed E-state index contributed by atoms with van der Waals surface area (Å²) in [7, 11) is 2.79. The first-order valence-corrected chi connectivity index (χ1v) is 7.11. The summed E-state index contributed by atoms with van der Waals surface area (Å²) in [5.41, 5.74) is -1.12. The Hall–Kier alpha value is -1.14. The lowest BCUT2D eigenvalue weighted by molar-refractivity contribution is -0.152. The molecule has 1 aliphatic rings. The van der Waals surface area contributed by atoms with E-state index < -0.39 is 11.5 Å². The summed E-state index contributed by atoms with van der Waals surface area (Å²) in [6, 6.07) is 0. The summed E-state index contributed by atoms with van der Waals surface area (Å²) in [4.78, 5) is 23.7. The predicted octanol–water partition coefficient (Wildman–Crippen LogP) is 0.461. The van der Waals surface area contributed by atoms with E-state index in [2.05, 4.69) is 10.6 Å². The SMILES string of the molecule is COCC(C)(NC(=O)CCC1CCNCC1)C(=O)OC. The normalized spacial score (nSPS) is 19.1. The van der Waals surface area contributed by atoms with Crippen LogP contribution in [0.15, 0.2) is 0 Å². The van der Waals surface area contributed by atoms with Crippen LogP contribution in [0.2, 0.25) is 0 Å². The second-order valence-corrected chi connectivity index (χ2v) is 5.54. The number of rotatable bonds is 7. The minimum atomic E-state index is -1.12. The first kappa shape index (κ1) is 16.9. The van der Waals surface area contributed by atoms with Crippen LogP contribution in [0.1, 0.15) is 32.6 Å². The highest BCUT2D eigenvalue weighted by molar-refractivity contribution is 5.87. The predicted molar refractivity (Wildman–Crippen MR) is 75.3 cm³/mol. The van der Waals surface area contributed by atoms with Gasteiger partial charge in [0.25, 0.3) is 0 Å². The maximum Gasteiger partial charge on any atom is 0.333 e. The summed E-state index contributed by atoms with van der Waals surface area (Å²) in [6.07, 6.45) is 3.51. The lowest BCUT2D eigenvalue weighted by Gasteiger charge is -2.28. The van der Waals surface area contributed by atoms with Crippen LogP contribution in [-0.2, 0) is 19.1 Å². The van der Waals surface area contributed by atoms with Crippen LogP contribution in [0, 0.1) is 5.92 Å². The van der Waals surface area contributed by atoms with Gasteiger partial charge in [0.15, 0.2) is 5.54 Å². The highest BCUT2D eigenvalue weighted by atomic mass is 16.5. The third-order valence-corrected chi connectivity index (χ3v) is 3.72. The topological polar surface area (TPSA) is 76.7 Å². The Balaban J connectivity index is 2.43. The van der Waals surface area contributed by atoms with Crippen molar-refractivity contribution in [1.29, 1.82) is 0 Å². The maximum absolute atomic E-state index is 12.0. The molecule has 1 unspecified atom stereocenters. The third kappa shape index (κ3) is 5.09. The van der Waals surface area contributed by atoms with Crippen molar-refractivity contribution in [2.24, 2.45) is 5.92 Å². The summed E-state index contributed by atoms with van der Waals surface area (Å²) in [5, 5.41) is 6.03. The average molecular weight is 286 g/mol. The van der Waals surface area contributed by atoms with Gasteiger partial charge in [0.05, 0.1) is 13.7 Å². The van der Waals surface area contributed by atoms with E-state index in [0.717, 1.165) is 32.4 Å². The molecule has 0 saturated carbocycles. The molecule has 0 bridgehead atoms. The number of carbonyl (C=O) groups is 2. The molecule has 6 heteroatoms. The number of hydrogen-bond donors (Lipinski definition) is 2. The van der Waals surface area contributed by atoms with E-state index >= 15 is 0 Å². The van der Waals surface area contributed by atoms with Crippen LogP contribution < -0.4 is 10.6 Å². The van der Waals surface area contributed by atoms with Crippen molar-refractivity contribution in [2.45, 2.75) is 38.1 Å². The van der Waals surface area contributed by atoms with E-state index in [0.29, 0.717) is 12.3 Å². The third-order valence-electron chi connectivity index (χ3n) is 3.72. The zero-order valence-corrected chi connectivity index (χ0v) is 12.7. The number of carbonyl (C=O) groups excluding carboxylic acids is 2. The minimum Gasteiger partial charge on any atom is -0.467 e. The van der Waals surface area contributed by atoms with Crippen molar-refractivity contribution in [3.8, 4) is 0 Å². The monoisotopic (exact) mass is 286 g/mol. The standard InChI is InChI=1S/C14H26N2O4/c1-14(10-19-2,13(18)20-3)16-12(17)5-4-11-6-8-15-9-7-11/h11,15H,4-10H2,1-3H3,(H,16,17). The van der Waals surface area contributed by atoms with Gasteiger partial charge in [-0.25, -0.2) is 4.79 Å². The van der Waals surface area contributed by atoms with Gasteiger partial charge in [0.2, 0.25) is 5.91 Å². The summed E-state index contributed by atoms with van der Waals surface area (Å²) < 4.78 is 9.72. The molecule has 0 radical (unpaired) electrons. The van der Waals surface area contributed by atoms with Gasteiger partial charge < -0.3 is 20.1 Å². The number of ether oxygens (including phenoxy) is 2. The highest BCUT2D eigenvalue weighted by Crippen LogP contribution is 2.18. The number of amides is 1. The van der Waals surface area contributed by atoms with Crippen molar-refractivity contribution < 1.29 is 19.1 Å². The molecule has 1 saturated heterocycles. The van der Waals surface area contributed by atoms with E-state index in [9.17, 15) is 9.59 Å². The van der Waals surface area contributed by atoms with Crippen LogP contribution in [0.3, 0.4) is 0 Å². The van der Waals surface area contributed by atoms with Crippen molar-refractivity contribution in [1.82, 2.24) is 10.6 Å². The number of esters is 1. The van der Waals surface area contributed by atoms with Gasteiger partial charge in [-0.2, -0.15) is 0 Å². The van der Waals surface area contributed by atoms with Crippen molar-refractivity contribution in [2.75, 3.05) is 33.9 Å². The van der Waals surface area contributed by atoms with Crippen LogP contribution in [0.4, 0.5) is 0 Å². The van der Waals surface area contributed by atoms with E-state index in [4.69, 9.17) is 9.47 Å². The Kier molecular flexibility index (Phi) is 6.95. The quantitative estimate of drug-likeness (QED) is 0.665. The lowest BCUT2D eigenvalue weighted by atomic mass is 9.93. The largest absolute Gasteiger partial charge is 0.467 e. The molecule has 0 aromatic rings. The summed E-state index contributed by atoms with van der Waals surface area (Å²) in [5.74, 6) is -0.0307. The molecule has 1 atom stereocenters. The van der Waals surface area contributed by atoms with Crippen LogP contribution >= 0.6 is 0 Å². The fraction of sp³-hybridized carbons (Fsp3) is 0.857. The van der Waals surface area contributed by atoms with Gasteiger partial charge >= 0.3 is 5.97 Å². The molecule has 0 aliphatic carbocycles. The molecule has 20 heavy (non-hydrogen) atoms. The molecule has 6 nitrogen and oxygen atoms in total. The number of methoxy groups -OCH3 is 2. The second kappa shape index (κ2) is 8.21. The minimum absolute atomic E-state index is 0.0960. The molecule has 1 amide bonds. The van der Waals surface area contributed by atoms with Crippen molar-refractivity contribution in [3.05, 3.63) is 0 Å². The van der Waals surface area contributed by atoms with E-state index in [-0.39, 0.29) is 12.5 Å². The molecule has 0 spiro atoms. The van der Waals surface area contributed by atoms with Crippen LogP contribution in [0.25, 0.3) is 0 Å². The van der Waals surface area contributed by atoms with E-state index in [1.165, 1.54) is 14.2 Å². The lowest BCUT2D eigenvalue weighted by Crippen LogP contribution is -2.55. The molecule has 1 heterocycles. The first-order chi connectivity index (χ1) is 9.51. The maximum atomic E-state index is 12.0. The summed E-state index contributed by atoms with van der Waals surface area (Å²) >= 11 is 0. The van der Waals surface area contributed by atoms with Gasteiger partial charge in [0, 0.05) is 13.5 Å².